The second-order valence-electron chi connectivity index (χ2n) is 7.38. The van der Waals surface area contributed by atoms with Gasteiger partial charge in [-0.1, -0.05) is 61.9 Å². The van der Waals surface area contributed by atoms with Crippen LogP contribution in [0.3, 0.4) is 0 Å². The van der Waals surface area contributed by atoms with E-state index in [2.05, 4.69) is 49.4 Å². The lowest BCUT2D eigenvalue weighted by atomic mass is 9.77. The molecule has 2 aromatic carbocycles. The summed E-state index contributed by atoms with van der Waals surface area (Å²) in [4.78, 5) is 0. The van der Waals surface area contributed by atoms with Crippen LogP contribution in [0.2, 0.25) is 0 Å². The highest BCUT2D eigenvalue weighted by Gasteiger charge is 2.22. The number of hydrogen-bond acceptors (Lipinski definition) is 1. The molecule has 0 unspecified atom stereocenters. The molecule has 0 spiro atoms. The number of benzene rings is 2. The van der Waals surface area contributed by atoms with Gasteiger partial charge in [-0.3, -0.25) is 0 Å². The van der Waals surface area contributed by atoms with Crippen LogP contribution in [0.4, 0.5) is 0 Å². The van der Waals surface area contributed by atoms with Gasteiger partial charge >= 0.3 is 0 Å². The van der Waals surface area contributed by atoms with E-state index in [4.69, 9.17) is 4.74 Å². The second-order valence-corrected chi connectivity index (χ2v) is 7.38. The molecule has 0 saturated carbocycles. The zero-order chi connectivity index (χ0) is 18.5. The Morgan fingerprint density at radius 1 is 0.852 bits per heavy atom. The molecule has 0 fully saturated rings. The standard InChI is InChI=1S/C21H22.C5H6O/c1-2-6-15-8-5-10-19-18(15)13-14-20-17-9-4-3-7-16(17)11-12-21(19)20;1-2-4-6-5-3-1/h3-4,7-9,13-14H,2,5-6,10-12H2,1H3;1-4H,5H2. The van der Waals surface area contributed by atoms with E-state index >= 15 is 0 Å². The number of ether oxygens (including phenoxy) is 1. The van der Waals surface area contributed by atoms with Gasteiger partial charge in [0, 0.05) is 0 Å². The Balaban J connectivity index is 0.000000257. The van der Waals surface area contributed by atoms with Crippen molar-refractivity contribution in [3.8, 4) is 11.1 Å². The van der Waals surface area contributed by atoms with E-state index in [1.54, 1.807) is 28.5 Å². The van der Waals surface area contributed by atoms with Gasteiger partial charge in [-0.05, 0) is 83.2 Å². The predicted octanol–water partition coefficient (Wildman–Crippen LogP) is 6.67. The predicted molar refractivity (Wildman–Crippen MR) is 115 cm³/mol. The van der Waals surface area contributed by atoms with Gasteiger partial charge in [-0.25, -0.2) is 0 Å². The van der Waals surface area contributed by atoms with Gasteiger partial charge in [0.2, 0.25) is 0 Å². The van der Waals surface area contributed by atoms with Crippen molar-refractivity contribution < 1.29 is 4.74 Å². The first-order chi connectivity index (χ1) is 13.4. The van der Waals surface area contributed by atoms with Crippen LogP contribution >= 0.6 is 0 Å². The summed E-state index contributed by atoms with van der Waals surface area (Å²) in [6.45, 7) is 3.01. The first-order valence-corrected chi connectivity index (χ1v) is 10.2. The third-order valence-corrected chi connectivity index (χ3v) is 5.65. The lowest BCUT2D eigenvalue weighted by Gasteiger charge is -2.27. The highest BCUT2D eigenvalue weighted by atomic mass is 16.5. The zero-order valence-corrected chi connectivity index (χ0v) is 16.2. The molecule has 0 atom stereocenters. The van der Waals surface area contributed by atoms with Crippen molar-refractivity contribution in [2.75, 3.05) is 6.61 Å². The Hall–Kier alpha value is -2.54. The minimum absolute atomic E-state index is 0.733. The second kappa shape index (κ2) is 8.43. The fraction of sp³-hybridized carbons (Fsp3) is 0.308. The van der Waals surface area contributed by atoms with E-state index in [0.29, 0.717) is 0 Å². The summed E-state index contributed by atoms with van der Waals surface area (Å²) in [7, 11) is 0. The Labute approximate surface area is 163 Å². The number of rotatable bonds is 2. The maximum Gasteiger partial charge on any atom is 0.106 e. The molecule has 0 saturated heterocycles. The fourth-order valence-corrected chi connectivity index (χ4v) is 4.43. The molecule has 0 amide bonds. The summed E-state index contributed by atoms with van der Waals surface area (Å²) in [6.07, 6.45) is 17.3. The van der Waals surface area contributed by atoms with Gasteiger partial charge in [0.1, 0.15) is 6.61 Å². The molecule has 1 aliphatic heterocycles. The molecular formula is C26H28O. The van der Waals surface area contributed by atoms with Crippen LogP contribution in [0, 0.1) is 0 Å². The van der Waals surface area contributed by atoms with Crippen molar-refractivity contribution >= 4 is 5.57 Å². The molecule has 1 heteroatoms. The summed E-state index contributed by atoms with van der Waals surface area (Å²) < 4.78 is 4.80. The van der Waals surface area contributed by atoms with Gasteiger partial charge in [0.05, 0.1) is 6.26 Å². The van der Waals surface area contributed by atoms with Crippen LogP contribution in [-0.2, 0) is 24.0 Å². The van der Waals surface area contributed by atoms with Crippen LogP contribution in [-0.4, -0.2) is 6.61 Å². The SMILES string of the molecule is C1=CCOC=C1.CCCC1=CCCc2c1ccc1c2CCc2ccccc2-1. The summed E-state index contributed by atoms with van der Waals surface area (Å²) >= 11 is 0. The average molecular weight is 357 g/mol. The molecule has 5 rings (SSSR count). The highest BCUT2D eigenvalue weighted by Crippen LogP contribution is 2.40. The lowest BCUT2D eigenvalue weighted by Crippen LogP contribution is -2.11. The summed E-state index contributed by atoms with van der Waals surface area (Å²) in [5, 5.41) is 0. The van der Waals surface area contributed by atoms with E-state index < -0.39 is 0 Å². The van der Waals surface area contributed by atoms with Gasteiger partial charge in [0.15, 0.2) is 0 Å². The van der Waals surface area contributed by atoms with Crippen LogP contribution < -0.4 is 0 Å². The number of hydrogen-bond donors (Lipinski definition) is 0. The highest BCUT2D eigenvalue weighted by molar-refractivity contribution is 5.80. The third kappa shape index (κ3) is 3.78. The van der Waals surface area contributed by atoms with Gasteiger partial charge in [0.25, 0.3) is 0 Å². The normalized spacial score (nSPS) is 16.1. The van der Waals surface area contributed by atoms with Gasteiger partial charge < -0.3 is 4.74 Å². The van der Waals surface area contributed by atoms with Crippen LogP contribution in [0.15, 0.2) is 67.0 Å². The summed E-state index contributed by atoms with van der Waals surface area (Å²) in [5.41, 5.74) is 10.9. The topological polar surface area (TPSA) is 9.23 Å². The van der Waals surface area contributed by atoms with Crippen molar-refractivity contribution in [2.24, 2.45) is 0 Å². The quantitative estimate of drug-likeness (QED) is 0.584. The molecular weight excluding hydrogens is 328 g/mol. The van der Waals surface area contributed by atoms with Gasteiger partial charge in [-0.2, -0.15) is 0 Å². The Bertz CT molecular complexity index is 886. The Kier molecular flexibility index (Phi) is 5.58. The Morgan fingerprint density at radius 2 is 1.70 bits per heavy atom. The van der Waals surface area contributed by atoms with Crippen molar-refractivity contribution in [1.29, 1.82) is 0 Å². The smallest absolute Gasteiger partial charge is 0.106 e. The molecule has 1 nitrogen and oxygen atoms in total. The van der Waals surface area contributed by atoms with Gasteiger partial charge in [-0.15, -0.1) is 0 Å². The molecule has 0 bridgehead atoms. The van der Waals surface area contributed by atoms with Crippen LogP contribution in [0.5, 0.6) is 0 Å². The van der Waals surface area contributed by atoms with E-state index in [-0.39, 0.29) is 0 Å². The lowest BCUT2D eigenvalue weighted by molar-refractivity contribution is 0.286. The molecule has 2 aliphatic carbocycles. The number of allylic oxidation sites excluding steroid dienone is 4. The zero-order valence-electron chi connectivity index (χ0n) is 16.2. The maximum absolute atomic E-state index is 4.80. The van der Waals surface area contributed by atoms with Crippen LogP contribution in [0.25, 0.3) is 16.7 Å². The first-order valence-electron chi connectivity index (χ1n) is 10.2. The molecule has 0 N–H and O–H groups in total. The molecule has 0 radical (unpaired) electrons. The summed E-state index contributed by atoms with van der Waals surface area (Å²) in [6, 6.07) is 13.7. The maximum atomic E-state index is 4.80. The van der Waals surface area contributed by atoms with Crippen molar-refractivity contribution in [2.45, 2.75) is 45.4 Å². The molecule has 0 aromatic heterocycles. The van der Waals surface area contributed by atoms with E-state index in [0.717, 1.165) is 6.61 Å². The van der Waals surface area contributed by atoms with Crippen molar-refractivity contribution in [3.63, 3.8) is 0 Å². The number of fused-ring (bicyclic) bond motifs is 5. The minimum Gasteiger partial charge on any atom is -0.497 e. The molecule has 27 heavy (non-hydrogen) atoms. The summed E-state index contributed by atoms with van der Waals surface area (Å²) in [5.74, 6) is 0. The Morgan fingerprint density at radius 3 is 2.44 bits per heavy atom. The van der Waals surface area contributed by atoms with E-state index in [1.807, 2.05) is 18.2 Å². The fourth-order valence-electron chi connectivity index (χ4n) is 4.43. The van der Waals surface area contributed by atoms with Crippen LogP contribution in [0.1, 0.15) is 48.4 Å². The van der Waals surface area contributed by atoms with Crippen molar-refractivity contribution in [1.82, 2.24) is 0 Å². The molecule has 138 valence electrons. The van der Waals surface area contributed by atoms with Crippen molar-refractivity contribution in [3.05, 3.63) is 89.2 Å². The number of aryl methyl sites for hydroxylation is 1. The van der Waals surface area contributed by atoms with E-state index in [1.165, 1.54) is 55.2 Å². The van der Waals surface area contributed by atoms with E-state index in [9.17, 15) is 0 Å². The molecule has 3 aliphatic rings. The minimum atomic E-state index is 0.733. The first kappa shape index (κ1) is 17.9. The molecule has 1 heterocycles. The third-order valence-electron chi connectivity index (χ3n) is 5.65. The monoisotopic (exact) mass is 356 g/mol. The average Bonchev–Trinajstić information content (AvgIpc) is 2.75. The largest absolute Gasteiger partial charge is 0.497 e. The molecule has 2 aromatic rings.